The fourth-order valence-corrected chi connectivity index (χ4v) is 3.54. The largest absolute Gasteiger partial charge is 0.465 e. The molecule has 1 atom stereocenters. The van der Waals surface area contributed by atoms with Gasteiger partial charge in [-0.1, -0.05) is 13.8 Å². The van der Waals surface area contributed by atoms with Gasteiger partial charge in [0.25, 0.3) is 0 Å². The number of esters is 1. The molecule has 0 aliphatic heterocycles. The Kier molecular flexibility index (Phi) is 6.84. The number of hydrogen-bond acceptors (Lipinski definition) is 4. The van der Waals surface area contributed by atoms with E-state index in [9.17, 15) is 4.79 Å². The van der Waals surface area contributed by atoms with Crippen LogP contribution in [0.1, 0.15) is 31.7 Å². The third-order valence-electron chi connectivity index (χ3n) is 2.20. The molecule has 1 unspecified atom stereocenters. The van der Waals surface area contributed by atoms with E-state index in [0.717, 1.165) is 19.7 Å². The minimum Gasteiger partial charge on any atom is -0.465 e. The van der Waals surface area contributed by atoms with Crippen molar-refractivity contribution in [1.82, 2.24) is 5.32 Å². The molecule has 1 aromatic heterocycles. The maximum Gasteiger partial charge on any atom is 0.328 e. The van der Waals surface area contributed by atoms with E-state index in [1.54, 1.807) is 0 Å². The second-order valence-electron chi connectivity index (χ2n) is 4.26. The van der Waals surface area contributed by atoms with E-state index in [1.807, 2.05) is 13.0 Å². The molecule has 0 aromatic carbocycles. The Morgan fingerprint density at radius 3 is 2.61 bits per heavy atom. The van der Waals surface area contributed by atoms with Crippen LogP contribution in [-0.4, -0.2) is 19.1 Å². The van der Waals surface area contributed by atoms with Crippen LogP contribution in [0, 0.1) is 5.92 Å². The molecule has 1 heterocycles. The molecule has 102 valence electrons. The van der Waals surface area contributed by atoms with E-state index < -0.39 is 0 Å². The SMILES string of the molecule is CCOC(=O)C(NCC(C)C)c1cc(Br)c(Br)s1. The van der Waals surface area contributed by atoms with Crippen LogP contribution in [0.15, 0.2) is 14.3 Å². The molecule has 1 aromatic rings. The summed E-state index contributed by atoms with van der Waals surface area (Å²) >= 11 is 8.42. The van der Waals surface area contributed by atoms with Crippen LogP contribution in [0.2, 0.25) is 0 Å². The lowest BCUT2D eigenvalue weighted by Gasteiger charge is -2.17. The molecule has 3 nitrogen and oxygen atoms in total. The lowest BCUT2D eigenvalue weighted by atomic mass is 10.2. The minimum atomic E-state index is -0.389. The van der Waals surface area contributed by atoms with E-state index in [2.05, 4.69) is 51.0 Å². The van der Waals surface area contributed by atoms with Gasteiger partial charge in [-0.25, -0.2) is 4.79 Å². The average Bonchev–Trinajstić information content (AvgIpc) is 2.59. The van der Waals surface area contributed by atoms with Crippen molar-refractivity contribution in [1.29, 1.82) is 0 Å². The van der Waals surface area contributed by atoms with Gasteiger partial charge in [-0.05, 0) is 57.3 Å². The van der Waals surface area contributed by atoms with Gasteiger partial charge in [-0.15, -0.1) is 11.3 Å². The van der Waals surface area contributed by atoms with Crippen molar-refractivity contribution in [2.24, 2.45) is 5.92 Å². The molecule has 0 amide bonds. The Bertz CT molecular complexity index is 387. The Hall–Kier alpha value is 0.0900. The molecule has 18 heavy (non-hydrogen) atoms. The van der Waals surface area contributed by atoms with Crippen LogP contribution < -0.4 is 5.32 Å². The number of thiophene rings is 1. The normalized spacial score (nSPS) is 12.8. The number of rotatable bonds is 6. The molecule has 0 spiro atoms. The molecule has 0 saturated carbocycles. The van der Waals surface area contributed by atoms with Gasteiger partial charge in [0, 0.05) is 9.35 Å². The number of ether oxygens (including phenoxy) is 1. The van der Waals surface area contributed by atoms with Crippen molar-refractivity contribution in [3.05, 3.63) is 19.2 Å². The van der Waals surface area contributed by atoms with Gasteiger partial charge >= 0.3 is 5.97 Å². The van der Waals surface area contributed by atoms with Crippen LogP contribution in [0.25, 0.3) is 0 Å². The Morgan fingerprint density at radius 2 is 2.17 bits per heavy atom. The first kappa shape index (κ1) is 16.1. The van der Waals surface area contributed by atoms with Gasteiger partial charge in [0.15, 0.2) is 0 Å². The lowest BCUT2D eigenvalue weighted by Crippen LogP contribution is -2.32. The molecule has 0 aliphatic carbocycles. The van der Waals surface area contributed by atoms with Gasteiger partial charge in [0.05, 0.1) is 10.4 Å². The molecule has 0 radical (unpaired) electrons. The monoisotopic (exact) mass is 397 g/mol. The lowest BCUT2D eigenvalue weighted by molar-refractivity contribution is -0.145. The fourth-order valence-electron chi connectivity index (χ4n) is 1.38. The Balaban J connectivity index is 2.85. The minimum absolute atomic E-state index is 0.223. The summed E-state index contributed by atoms with van der Waals surface area (Å²) in [7, 11) is 0. The highest BCUT2D eigenvalue weighted by molar-refractivity contribution is 9.13. The predicted octanol–water partition coefficient (Wildman–Crippen LogP) is 4.12. The molecule has 0 saturated heterocycles. The van der Waals surface area contributed by atoms with Crippen molar-refractivity contribution < 1.29 is 9.53 Å². The summed E-state index contributed by atoms with van der Waals surface area (Å²) in [5.41, 5.74) is 0. The predicted molar refractivity (Wildman–Crippen MR) is 81.9 cm³/mol. The zero-order valence-corrected chi connectivity index (χ0v) is 14.6. The van der Waals surface area contributed by atoms with Crippen LogP contribution in [0.5, 0.6) is 0 Å². The van der Waals surface area contributed by atoms with Gasteiger partial charge in [0.1, 0.15) is 6.04 Å². The number of halogens is 2. The topological polar surface area (TPSA) is 38.3 Å². The van der Waals surface area contributed by atoms with E-state index in [0.29, 0.717) is 12.5 Å². The zero-order valence-electron chi connectivity index (χ0n) is 10.6. The molecule has 6 heteroatoms. The zero-order chi connectivity index (χ0) is 13.7. The van der Waals surface area contributed by atoms with Crippen molar-refractivity contribution in [3.8, 4) is 0 Å². The second-order valence-corrected chi connectivity index (χ2v) is 7.51. The van der Waals surface area contributed by atoms with Crippen molar-refractivity contribution in [2.75, 3.05) is 13.2 Å². The fraction of sp³-hybridized carbons (Fsp3) is 0.583. The Morgan fingerprint density at radius 1 is 1.50 bits per heavy atom. The highest BCUT2D eigenvalue weighted by Gasteiger charge is 2.24. The first-order valence-electron chi connectivity index (χ1n) is 5.80. The summed E-state index contributed by atoms with van der Waals surface area (Å²) < 4.78 is 7.06. The van der Waals surface area contributed by atoms with Crippen LogP contribution >= 0.6 is 43.2 Å². The molecule has 1 N–H and O–H groups in total. The molecule has 1 rings (SSSR count). The quantitative estimate of drug-likeness (QED) is 0.732. The summed E-state index contributed by atoms with van der Waals surface area (Å²) in [6.07, 6.45) is 0. The second kappa shape index (κ2) is 7.62. The van der Waals surface area contributed by atoms with Crippen molar-refractivity contribution >= 4 is 49.2 Å². The molecule has 0 bridgehead atoms. The number of hydrogen-bond donors (Lipinski definition) is 1. The number of carbonyl (C=O) groups is 1. The average molecular weight is 399 g/mol. The smallest absolute Gasteiger partial charge is 0.328 e. The van der Waals surface area contributed by atoms with Crippen LogP contribution in [-0.2, 0) is 9.53 Å². The first-order valence-corrected chi connectivity index (χ1v) is 8.20. The van der Waals surface area contributed by atoms with Crippen LogP contribution in [0.3, 0.4) is 0 Å². The van der Waals surface area contributed by atoms with E-state index in [4.69, 9.17) is 4.74 Å². The summed E-state index contributed by atoms with van der Waals surface area (Å²) in [5, 5.41) is 3.25. The Labute approximate surface area is 129 Å². The molecule has 0 fully saturated rings. The molecular weight excluding hydrogens is 382 g/mol. The third-order valence-corrected chi connectivity index (χ3v) is 5.52. The highest BCUT2D eigenvalue weighted by Crippen LogP contribution is 2.35. The molecular formula is C12H17Br2NO2S. The standard InChI is InChI=1S/C12H17Br2NO2S/c1-4-17-12(16)10(15-6-7(2)3)9-5-8(13)11(14)18-9/h5,7,10,15H,4,6H2,1-3H3. The van der Waals surface area contributed by atoms with Gasteiger partial charge in [-0.3, -0.25) is 5.32 Å². The van der Waals surface area contributed by atoms with E-state index in [-0.39, 0.29) is 12.0 Å². The van der Waals surface area contributed by atoms with Gasteiger partial charge in [0.2, 0.25) is 0 Å². The third kappa shape index (κ3) is 4.64. The van der Waals surface area contributed by atoms with Gasteiger partial charge < -0.3 is 4.74 Å². The summed E-state index contributed by atoms with van der Waals surface area (Å²) in [5.74, 6) is 0.258. The summed E-state index contributed by atoms with van der Waals surface area (Å²) in [6, 6.07) is 1.56. The molecule has 0 aliphatic rings. The van der Waals surface area contributed by atoms with Crippen molar-refractivity contribution in [3.63, 3.8) is 0 Å². The summed E-state index contributed by atoms with van der Waals surface area (Å²) in [4.78, 5) is 12.9. The number of nitrogens with one attached hydrogen (secondary N) is 1. The highest BCUT2D eigenvalue weighted by atomic mass is 79.9. The van der Waals surface area contributed by atoms with Gasteiger partial charge in [-0.2, -0.15) is 0 Å². The van der Waals surface area contributed by atoms with Crippen molar-refractivity contribution in [2.45, 2.75) is 26.8 Å². The first-order chi connectivity index (χ1) is 8.45. The van der Waals surface area contributed by atoms with E-state index in [1.165, 1.54) is 11.3 Å². The maximum absolute atomic E-state index is 12.0. The van der Waals surface area contributed by atoms with E-state index >= 15 is 0 Å². The van der Waals surface area contributed by atoms with Crippen LogP contribution in [0.4, 0.5) is 0 Å². The summed E-state index contributed by atoms with van der Waals surface area (Å²) in [6.45, 7) is 7.20. The number of carbonyl (C=O) groups excluding carboxylic acids is 1. The maximum atomic E-state index is 12.0.